The Bertz CT molecular complexity index is 2700. The number of H-pyrrole nitrogens is 1. The van der Waals surface area contributed by atoms with Crippen molar-refractivity contribution in [3.63, 3.8) is 0 Å². The molecule has 2 heterocycles. The Morgan fingerprint density at radius 3 is 2.23 bits per heavy atom. The molecule has 1 aliphatic carbocycles. The number of aliphatic imine (C=N–C) groups is 1. The summed E-state index contributed by atoms with van der Waals surface area (Å²) in [4.78, 5) is 80.7. The third kappa shape index (κ3) is 15.0. The van der Waals surface area contributed by atoms with Crippen molar-refractivity contribution in [1.29, 1.82) is 0 Å². The van der Waals surface area contributed by atoms with Crippen molar-refractivity contribution >= 4 is 57.8 Å². The number of aromatic nitrogens is 1. The van der Waals surface area contributed by atoms with E-state index < -0.39 is 53.7 Å². The number of nitrogens with one attached hydrogen (secondary N) is 6. The smallest absolute Gasteiger partial charge is 0.246 e. The Morgan fingerprint density at radius 1 is 0.822 bits per heavy atom. The highest BCUT2D eigenvalue weighted by atomic mass is 16.5. The van der Waals surface area contributed by atoms with Crippen LogP contribution in [0.25, 0.3) is 22.0 Å². The van der Waals surface area contributed by atoms with Crippen molar-refractivity contribution in [3.8, 4) is 22.6 Å². The fourth-order valence-electron chi connectivity index (χ4n) is 9.36. The number of unbranched alkanes of at least 4 members (excludes halogenated alkanes) is 1. The highest BCUT2D eigenvalue weighted by molar-refractivity contribution is 5.99. The molecule has 1 saturated carbocycles. The average Bonchev–Trinajstić information content (AvgIpc) is 3.79. The first-order valence-electron chi connectivity index (χ1n) is 25.0. The number of phenolic OH excluding ortho intramolecular Hbond substituents is 1. The molecule has 1 aliphatic heterocycles. The lowest BCUT2D eigenvalue weighted by atomic mass is 9.85. The number of para-hydroxylation sites is 1. The second-order valence-electron chi connectivity index (χ2n) is 18.8. The Kier molecular flexibility index (Phi) is 18.7. The topological polar surface area (TPSA) is 294 Å². The summed E-state index contributed by atoms with van der Waals surface area (Å²) in [5, 5.41) is 25.5. The number of nitrogens with two attached hydrogens (primary N) is 3. The van der Waals surface area contributed by atoms with Gasteiger partial charge in [0.2, 0.25) is 29.5 Å². The second kappa shape index (κ2) is 25.7. The summed E-state index contributed by atoms with van der Waals surface area (Å²) in [6.45, 7) is 4.64. The summed E-state index contributed by atoms with van der Waals surface area (Å²) in [6, 6.07) is 22.6. The van der Waals surface area contributed by atoms with Gasteiger partial charge in [0, 0.05) is 78.5 Å². The minimum absolute atomic E-state index is 0.00908. The summed E-state index contributed by atoms with van der Waals surface area (Å²) < 4.78 is 11.1. The zero-order valence-electron chi connectivity index (χ0n) is 41.5. The monoisotopic (exact) mass is 1000 g/mol. The van der Waals surface area contributed by atoms with Gasteiger partial charge in [0.25, 0.3) is 0 Å². The second-order valence-corrected chi connectivity index (χ2v) is 18.8. The number of ether oxygens (including phenoxy) is 2. The maximum absolute atomic E-state index is 14.8. The van der Waals surface area contributed by atoms with Gasteiger partial charge in [-0.05, 0) is 111 Å². The number of guanidine groups is 1. The van der Waals surface area contributed by atoms with E-state index in [2.05, 4.69) is 41.5 Å². The minimum Gasteiger partial charge on any atom is -0.508 e. The molecule has 4 aromatic carbocycles. The molecule has 0 unspecified atom stereocenters. The number of phenols is 1. The first-order valence-corrected chi connectivity index (χ1v) is 25.0. The Balaban J connectivity index is 1.13. The van der Waals surface area contributed by atoms with Gasteiger partial charge in [-0.3, -0.25) is 29.0 Å². The van der Waals surface area contributed by atoms with Crippen LogP contribution < -0.4 is 53.4 Å². The molecule has 0 radical (unpaired) electrons. The maximum atomic E-state index is 14.8. The number of aromatic amines is 1. The summed E-state index contributed by atoms with van der Waals surface area (Å²) >= 11 is 0. The molecule has 7 rings (SSSR count). The van der Waals surface area contributed by atoms with Crippen molar-refractivity contribution < 1.29 is 38.6 Å². The Hall–Kier alpha value is -7.64. The molecule has 5 aromatic rings. The number of morpholine rings is 1. The number of carbonyl (C=O) groups excluding carboxylic acids is 5. The van der Waals surface area contributed by atoms with Crippen molar-refractivity contribution in [1.82, 2.24) is 26.3 Å². The molecule has 1 aromatic heterocycles. The predicted octanol–water partition coefficient (Wildman–Crippen LogP) is 3.73. The summed E-state index contributed by atoms with van der Waals surface area (Å²) in [5.41, 5.74) is 22.7. The molecule has 19 heteroatoms. The van der Waals surface area contributed by atoms with E-state index in [4.69, 9.17) is 26.7 Å². The first-order chi connectivity index (χ1) is 35.2. The van der Waals surface area contributed by atoms with E-state index in [0.717, 1.165) is 48.3 Å². The number of aromatic hydroxyl groups is 1. The van der Waals surface area contributed by atoms with Crippen LogP contribution in [0.4, 0.5) is 11.4 Å². The molecular formula is C54H69N11O8. The van der Waals surface area contributed by atoms with Gasteiger partial charge in [0.05, 0.1) is 20.3 Å². The zero-order chi connectivity index (χ0) is 51.9. The normalized spacial score (nSPS) is 17.3. The van der Waals surface area contributed by atoms with E-state index in [9.17, 15) is 29.1 Å². The van der Waals surface area contributed by atoms with Crippen molar-refractivity contribution in [2.45, 2.75) is 94.9 Å². The number of anilines is 2. The van der Waals surface area contributed by atoms with Crippen LogP contribution in [0.3, 0.4) is 0 Å². The highest BCUT2D eigenvalue weighted by Crippen LogP contribution is 2.30. The molecule has 1 saturated heterocycles. The minimum atomic E-state index is -1.27. The van der Waals surface area contributed by atoms with E-state index in [1.54, 1.807) is 50.6 Å². The third-order valence-corrected chi connectivity index (χ3v) is 13.4. The fraction of sp³-hybridized carbons (Fsp3) is 0.407. The van der Waals surface area contributed by atoms with Crippen molar-refractivity contribution in [2.75, 3.05) is 50.2 Å². The van der Waals surface area contributed by atoms with E-state index >= 15 is 0 Å². The van der Waals surface area contributed by atoms with Crippen LogP contribution in [0, 0.1) is 5.92 Å². The van der Waals surface area contributed by atoms with Gasteiger partial charge < -0.3 is 68.2 Å². The van der Waals surface area contributed by atoms with Gasteiger partial charge in [-0.2, -0.15) is 0 Å². The number of amides is 5. The maximum Gasteiger partial charge on any atom is 0.246 e. The third-order valence-electron chi connectivity index (χ3n) is 13.4. The number of rotatable bonds is 22. The molecule has 2 fully saturated rings. The lowest BCUT2D eigenvalue weighted by Gasteiger charge is -2.29. The molecule has 2 aliphatic rings. The van der Waals surface area contributed by atoms with E-state index in [1.165, 1.54) is 0 Å². The predicted molar refractivity (Wildman–Crippen MR) is 282 cm³/mol. The van der Waals surface area contributed by atoms with Gasteiger partial charge >= 0.3 is 0 Å². The van der Waals surface area contributed by atoms with E-state index in [0.29, 0.717) is 66.8 Å². The molecule has 13 N–H and O–H groups in total. The van der Waals surface area contributed by atoms with Crippen LogP contribution in [0.5, 0.6) is 11.5 Å². The molecule has 0 spiro atoms. The standard InChI is InChI=1S/C54H69N11O8/c1-33(49(67)61-39-17-19-40(20-18-39)65-24-26-73-27-25-65)60-51(69)45(11-5-6-23-58-54(56)57)62-52(70)46(28-34-13-15-35(16-14-34)42-10-3-4-12-48(42)72-2)64-53(71)47(63-50(68)36-8-7-9-38(55)29-36)30-37-32-59-44-22-21-41(66)31-43(37)44/h3-4,10,12-22,31-33,36,38,45-47,59,66H,5-9,11,23-30,55H2,1-2H3,(H,60,69)(H,61,67)(H,62,70)(H,63,68)(H,64,71)(H4,56,57,58)/t33-,36+,38+,45+,46+,47+/m1/s1. The van der Waals surface area contributed by atoms with Crippen LogP contribution in [0.15, 0.2) is 102 Å². The number of nitrogens with zero attached hydrogens (tertiary/aromatic N) is 2. The first kappa shape index (κ1) is 53.2. The number of hydrogen-bond donors (Lipinski definition) is 10. The van der Waals surface area contributed by atoms with Gasteiger partial charge in [-0.25, -0.2) is 0 Å². The summed E-state index contributed by atoms with van der Waals surface area (Å²) in [7, 11) is 1.60. The number of fused-ring (bicyclic) bond motifs is 1. The lowest BCUT2D eigenvalue weighted by Crippen LogP contribution is -2.59. The van der Waals surface area contributed by atoms with Crippen LogP contribution in [-0.4, -0.2) is 116 Å². The van der Waals surface area contributed by atoms with Crippen molar-refractivity contribution in [3.05, 3.63) is 108 Å². The average molecular weight is 1000 g/mol. The number of benzene rings is 4. The Labute approximate surface area is 425 Å². The number of carbonyl (C=O) groups is 5. The highest BCUT2D eigenvalue weighted by Gasteiger charge is 2.34. The fourth-order valence-corrected chi connectivity index (χ4v) is 9.36. The Morgan fingerprint density at radius 2 is 1.52 bits per heavy atom. The van der Waals surface area contributed by atoms with Gasteiger partial charge in [-0.15, -0.1) is 0 Å². The van der Waals surface area contributed by atoms with Crippen LogP contribution in [-0.2, 0) is 41.6 Å². The van der Waals surface area contributed by atoms with Gasteiger partial charge in [0.15, 0.2) is 5.96 Å². The van der Waals surface area contributed by atoms with Crippen LogP contribution >= 0.6 is 0 Å². The lowest BCUT2D eigenvalue weighted by molar-refractivity contribution is -0.135. The number of methoxy groups -OCH3 is 1. The van der Waals surface area contributed by atoms with Crippen LogP contribution in [0.2, 0.25) is 0 Å². The molecule has 6 atom stereocenters. The van der Waals surface area contributed by atoms with E-state index in [-0.39, 0.29) is 49.5 Å². The van der Waals surface area contributed by atoms with Crippen molar-refractivity contribution in [2.24, 2.45) is 28.1 Å². The molecule has 5 amide bonds. The largest absolute Gasteiger partial charge is 0.508 e. The van der Waals surface area contributed by atoms with Gasteiger partial charge in [-0.1, -0.05) is 48.9 Å². The SMILES string of the molecule is COc1ccccc1-c1ccc(C[C@H](NC(=O)[C@H](Cc2c[nH]c3ccc(O)cc23)NC(=O)[C@H]2CCC[C@H](N)C2)C(=O)N[C@@H](CCCCN=C(N)N)C(=O)N[C@H](C)C(=O)Nc2ccc(N3CCOCC3)cc2)cc1. The molecule has 388 valence electrons. The summed E-state index contributed by atoms with van der Waals surface area (Å²) in [6.07, 6.45) is 5.40. The number of hydrogen-bond acceptors (Lipinski definition) is 11. The van der Waals surface area contributed by atoms with Gasteiger partial charge in [0.1, 0.15) is 35.7 Å². The molecule has 0 bridgehead atoms. The van der Waals surface area contributed by atoms with E-state index in [1.807, 2.05) is 60.7 Å². The van der Waals surface area contributed by atoms with Crippen LogP contribution in [0.1, 0.15) is 63.0 Å². The zero-order valence-corrected chi connectivity index (χ0v) is 41.5. The summed E-state index contributed by atoms with van der Waals surface area (Å²) in [5.74, 6) is -2.52. The molecule has 73 heavy (non-hydrogen) atoms. The quantitative estimate of drug-likeness (QED) is 0.0270. The molecule has 19 nitrogen and oxygen atoms in total. The molecular weight excluding hydrogens is 931 g/mol.